The van der Waals surface area contributed by atoms with Crippen molar-refractivity contribution in [2.75, 3.05) is 32.1 Å². The number of ether oxygens (including phenoxy) is 2. The summed E-state index contributed by atoms with van der Waals surface area (Å²) in [6.07, 6.45) is 0.118. The lowest BCUT2D eigenvalue weighted by Gasteiger charge is -2.33. The van der Waals surface area contributed by atoms with E-state index in [0.29, 0.717) is 5.75 Å². The van der Waals surface area contributed by atoms with E-state index in [9.17, 15) is 22.4 Å². The molecule has 0 saturated heterocycles. The minimum absolute atomic E-state index is 0.118. The van der Waals surface area contributed by atoms with Crippen LogP contribution in [0.5, 0.6) is 11.5 Å². The second-order valence-corrected chi connectivity index (χ2v) is 12.7. The molecule has 0 heterocycles. The van der Waals surface area contributed by atoms with Crippen LogP contribution in [0.2, 0.25) is 0 Å². The van der Waals surface area contributed by atoms with Crippen LogP contribution in [0.4, 0.5) is 10.1 Å². The van der Waals surface area contributed by atoms with Crippen LogP contribution in [0.3, 0.4) is 0 Å². The molecule has 4 rings (SSSR count). The zero-order chi connectivity index (χ0) is 33.4. The lowest BCUT2D eigenvalue weighted by atomic mass is 10.0. The fourth-order valence-corrected chi connectivity index (χ4v) is 6.67. The summed E-state index contributed by atoms with van der Waals surface area (Å²) in [7, 11) is -0.102. The number of methoxy groups -OCH3 is 2. The number of nitrogens with one attached hydrogen (secondary N) is 1. The van der Waals surface area contributed by atoms with Crippen LogP contribution in [-0.2, 0) is 32.6 Å². The number of nitrogens with zero attached hydrogens (tertiary/aromatic N) is 2. The van der Waals surface area contributed by atoms with Gasteiger partial charge in [-0.3, -0.25) is 13.9 Å². The van der Waals surface area contributed by atoms with Gasteiger partial charge in [0.25, 0.3) is 10.0 Å². The summed E-state index contributed by atoms with van der Waals surface area (Å²) in [6, 6.07) is 23.4. The highest BCUT2D eigenvalue weighted by Gasteiger charge is 2.35. The van der Waals surface area contributed by atoms with Gasteiger partial charge >= 0.3 is 0 Å². The molecule has 46 heavy (non-hydrogen) atoms. The number of hydrogen-bond acceptors (Lipinski definition) is 6. The van der Waals surface area contributed by atoms with Crippen LogP contribution in [0.15, 0.2) is 95.9 Å². The van der Waals surface area contributed by atoms with Gasteiger partial charge in [-0.15, -0.1) is 0 Å². The number of carbonyl (C=O) groups excluding carboxylic acids is 2. The number of halogens is 1. The number of hydrogen-bond donors (Lipinski definition) is 1. The zero-order valence-electron chi connectivity index (χ0n) is 26.5. The van der Waals surface area contributed by atoms with Crippen molar-refractivity contribution < 1.29 is 31.9 Å². The highest BCUT2D eigenvalue weighted by molar-refractivity contribution is 7.92. The Kier molecular flexibility index (Phi) is 11.0. The van der Waals surface area contributed by atoms with Gasteiger partial charge in [0, 0.05) is 31.6 Å². The van der Waals surface area contributed by atoms with E-state index >= 15 is 0 Å². The second-order valence-electron chi connectivity index (χ2n) is 10.8. The topological polar surface area (TPSA) is 105 Å². The molecular formula is C35H38FN3O6S. The number of benzene rings is 4. The van der Waals surface area contributed by atoms with Gasteiger partial charge in [-0.05, 0) is 60.9 Å². The first-order chi connectivity index (χ1) is 22.0. The number of rotatable bonds is 13. The smallest absolute Gasteiger partial charge is 0.264 e. The van der Waals surface area contributed by atoms with Gasteiger partial charge in [0.1, 0.15) is 18.4 Å². The number of carbonyl (C=O) groups is 2. The summed E-state index contributed by atoms with van der Waals surface area (Å²) in [5.41, 5.74) is 2.77. The number of amides is 2. The summed E-state index contributed by atoms with van der Waals surface area (Å²) in [4.78, 5) is 28.9. The summed E-state index contributed by atoms with van der Waals surface area (Å²) in [6.45, 7) is 2.71. The Morgan fingerprint density at radius 2 is 1.48 bits per heavy atom. The lowest BCUT2D eigenvalue weighted by Crippen LogP contribution is -2.53. The maximum absolute atomic E-state index is 15.0. The average molecular weight is 648 g/mol. The molecule has 4 aromatic carbocycles. The van der Waals surface area contributed by atoms with Gasteiger partial charge in [-0.25, -0.2) is 12.8 Å². The molecule has 0 radical (unpaired) electrons. The van der Waals surface area contributed by atoms with Crippen molar-refractivity contribution in [2.24, 2.45) is 0 Å². The fraction of sp³-hybridized carbons (Fsp3) is 0.257. The lowest BCUT2D eigenvalue weighted by molar-refractivity contribution is -0.139. The molecule has 0 aromatic heterocycles. The molecule has 0 spiro atoms. The first kappa shape index (κ1) is 34.0. The molecule has 0 bridgehead atoms. The quantitative estimate of drug-likeness (QED) is 0.218. The van der Waals surface area contributed by atoms with Crippen LogP contribution in [-0.4, -0.2) is 59.0 Å². The Morgan fingerprint density at radius 3 is 2.09 bits per heavy atom. The predicted molar refractivity (Wildman–Crippen MR) is 175 cm³/mol. The van der Waals surface area contributed by atoms with Gasteiger partial charge in [0.2, 0.25) is 11.8 Å². The van der Waals surface area contributed by atoms with Crippen molar-refractivity contribution in [3.63, 3.8) is 0 Å². The van der Waals surface area contributed by atoms with Gasteiger partial charge in [0.15, 0.2) is 11.5 Å². The molecule has 0 saturated carbocycles. The third kappa shape index (κ3) is 7.84. The van der Waals surface area contributed by atoms with Crippen molar-refractivity contribution in [1.82, 2.24) is 10.2 Å². The first-order valence-corrected chi connectivity index (χ1v) is 16.0. The van der Waals surface area contributed by atoms with Crippen LogP contribution >= 0.6 is 0 Å². The van der Waals surface area contributed by atoms with E-state index in [1.54, 1.807) is 18.2 Å². The predicted octanol–water partition coefficient (Wildman–Crippen LogP) is 5.04. The van der Waals surface area contributed by atoms with Crippen LogP contribution in [0.25, 0.3) is 0 Å². The Labute approximate surface area is 269 Å². The Hall–Kier alpha value is -4.90. The molecule has 242 valence electrons. The number of likely N-dealkylation sites (N-methyl/N-ethyl adjacent to an activating group) is 1. The van der Waals surface area contributed by atoms with Gasteiger partial charge in [0.05, 0.1) is 24.8 Å². The zero-order valence-corrected chi connectivity index (χ0v) is 27.3. The Balaban J connectivity index is 1.85. The molecule has 0 fully saturated rings. The van der Waals surface area contributed by atoms with E-state index in [1.807, 2.05) is 50.2 Å². The van der Waals surface area contributed by atoms with E-state index < -0.39 is 40.2 Å². The third-order valence-corrected chi connectivity index (χ3v) is 9.30. The molecule has 11 heteroatoms. The Bertz CT molecular complexity index is 1780. The highest BCUT2D eigenvalue weighted by Crippen LogP contribution is 2.33. The minimum atomic E-state index is -4.39. The standard InChI is InChI=1S/C35H38FN3O6S/c1-24-17-25(2)19-28(18-24)39(46(42,43)29-15-16-32(44-4)33(21-29)45-5)23-34(40)38(22-27-13-9-10-14-30(27)36)31(35(41)37-3)20-26-11-7-6-8-12-26/h6-19,21,31H,20,22-23H2,1-5H3,(H,37,41)/t31-/m1/s1. The van der Waals surface area contributed by atoms with Crippen molar-refractivity contribution in [3.8, 4) is 11.5 Å². The van der Waals surface area contributed by atoms with E-state index in [0.717, 1.165) is 21.0 Å². The molecule has 0 aliphatic carbocycles. The van der Waals surface area contributed by atoms with Crippen molar-refractivity contribution >= 4 is 27.5 Å². The van der Waals surface area contributed by atoms with Gasteiger partial charge in [-0.1, -0.05) is 54.6 Å². The van der Waals surface area contributed by atoms with Crippen molar-refractivity contribution in [2.45, 2.75) is 37.8 Å². The number of anilines is 1. The Morgan fingerprint density at radius 1 is 0.848 bits per heavy atom. The SMILES string of the molecule is CNC(=O)[C@@H](Cc1ccccc1)N(Cc1ccccc1F)C(=O)CN(c1cc(C)cc(C)c1)S(=O)(=O)c1ccc(OC)c(OC)c1. The highest BCUT2D eigenvalue weighted by atomic mass is 32.2. The molecule has 4 aromatic rings. The van der Waals surface area contributed by atoms with E-state index in [-0.39, 0.29) is 34.9 Å². The van der Waals surface area contributed by atoms with Gasteiger partial charge in [-0.2, -0.15) is 0 Å². The minimum Gasteiger partial charge on any atom is -0.493 e. The molecule has 1 N–H and O–H groups in total. The third-order valence-electron chi connectivity index (χ3n) is 7.53. The maximum Gasteiger partial charge on any atom is 0.264 e. The number of aryl methyl sites for hydroxylation is 2. The molecule has 9 nitrogen and oxygen atoms in total. The van der Waals surface area contributed by atoms with Gasteiger partial charge < -0.3 is 19.7 Å². The van der Waals surface area contributed by atoms with Crippen LogP contribution < -0.4 is 19.1 Å². The second kappa shape index (κ2) is 14.9. The van der Waals surface area contributed by atoms with E-state index in [1.165, 1.54) is 62.6 Å². The van der Waals surface area contributed by atoms with Crippen LogP contribution in [0.1, 0.15) is 22.3 Å². The molecular weight excluding hydrogens is 609 g/mol. The first-order valence-electron chi connectivity index (χ1n) is 14.6. The van der Waals surface area contributed by atoms with E-state index in [2.05, 4.69) is 5.32 Å². The molecule has 0 aliphatic rings. The molecule has 0 unspecified atom stereocenters. The fourth-order valence-electron chi connectivity index (χ4n) is 5.26. The average Bonchev–Trinajstić information content (AvgIpc) is 3.05. The van der Waals surface area contributed by atoms with E-state index in [4.69, 9.17) is 9.47 Å². The summed E-state index contributed by atoms with van der Waals surface area (Å²) in [5, 5.41) is 2.62. The molecule has 1 atom stereocenters. The number of sulfonamides is 1. The van der Waals surface area contributed by atoms with Crippen molar-refractivity contribution in [3.05, 3.63) is 119 Å². The maximum atomic E-state index is 15.0. The summed E-state index contributed by atoms with van der Waals surface area (Å²) in [5.74, 6) is -1.20. The van der Waals surface area contributed by atoms with Crippen molar-refractivity contribution in [1.29, 1.82) is 0 Å². The normalized spacial score (nSPS) is 11.8. The molecule has 2 amide bonds. The molecule has 0 aliphatic heterocycles. The van der Waals surface area contributed by atoms with Crippen LogP contribution in [0, 0.1) is 19.7 Å². The summed E-state index contributed by atoms with van der Waals surface area (Å²) < 4.78 is 55.4. The monoisotopic (exact) mass is 647 g/mol. The summed E-state index contributed by atoms with van der Waals surface area (Å²) >= 11 is 0. The largest absolute Gasteiger partial charge is 0.493 e.